The molecule has 0 spiro atoms. The van der Waals surface area contributed by atoms with Gasteiger partial charge in [0.2, 0.25) is 0 Å². The number of hydrogen-bond acceptors (Lipinski definition) is 6. The van der Waals surface area contributed by atoms with Crippen molar-refractivity contribution >= 4 is 17.5 Å². The van der Waals surface area contributed by atoms with Gasteiger partial charge in [0.15, 0.2) is 17.3 Å². The number of aromatic carboxylic acids is 1. The van der Waals surface area contributed by atoms with E-state index in [2.05, 4.69) is 32.7 Å². The maximum Gasteiger partial charge on any atom is 0.354 e. The Morgan fingerprint density at radius 1 is 0.974 bits per heavy atom. The van der Waals surface area contributed by atoms with Crippen LogP contribution in [-0.4, -0.2) is 34.7 Å². The zero-order valence-electron chi connectivity index (χ0n) is 23.4. The van der Waals surface area contributed by atoms with Crippen molar-refractivity contribution in [3.63, 3.8) is 0 Å². The number of pyridine rings is 1. The number of hydrogen-bond donors (Lipinski definition) is 1. The quantitative estimate of drug-likeness (QED) is 0.477. The lowest BCUT2D eigenvalue weighted by atomic mass is 9.65. The van der Waals surface area contributed by atoms with Crippen LogP contribution >= 0.6 is 0 Å². The Morgan fingerprint density at radius 2 is 1.56 bits per heavy atom. The second-order valence-corrected chi connectivity index (χ2v) is 12.4. The topological polar surface area (TPSA) is 103 Å². The van der Waals surface area contributed by atoms with Gasteiger partial charge in [0, 0.05) is 48.0 Å². The lowest BCUT2D eigenvalue weighted by molar-refractivity contribution is -0.120. The average molecular weight is 530 g/mol. The molecular weight excluding hydrogens is 494 g/mol. The number of carboxylic acid groups (broad SMARTS) is 1. The fraction of sp³-hybridized carbons (Fsp3) is 0.438. The number of methoxy groups -OCH3 is 1. The van der Waals surface area contributed by atoms with E-state index in [0.717, 1.165) is 0 Å². The van der Waals surface area contributed by atoms with Crippen LogP contribution in [0.5, 0.6) is 5.75 Å². The normalized spacial score (nSPS) is 20.4. The molecular formula is C32H35NO6. The fourth-order valence-corrected chi connectivity index (χ4v) is 6.22. The molecule has 2 aromatic rings. The number of carboxylic acids is 1. The molecule has 1 aromatic carbocycles. The first-order valence-electron chi connectivity index (χ1n) is 13.5. The number of allylic oxidation sites excluding steroid dienone is 4. The molecule has 0 radical (unpaired) electrons. The number of nitrogens with zero attached hydrogens (tertiary/aromatic N) is 1. The molecule has 2 heterocycles. The van der Waals surface area contributed by atoms with Crippen LogP contribution in [0.15, 0.2) is 53.0 Å². The molecule has 0 fully saturated rings. The summed E-state index contributed by atoms with van der Waals surface area (Å²) in [6.45, 7) is 10.1. The average Bonchev–Trinajstić information content (AvgIpc) is 2.85. The molecule has 3 aliphatic rings. The van der Waals surface area contributed by atoms with E-state index in [4.69, 9.17) is 9.47 Å². The summed E-state index contributed by atoms with van der Waals surface area (Å²) in [6.07, 6.45) is 2.46. The van der Waals surface area contributed by atoms with E-state index in [-0.39, 0.29) is 28.1 Å². The van der Waals surface area contributed by atoms with Gasteiger partial charge in [-0.05, 0) is 47.1 Å². The van der Waals surface area contributed by atoms with Crippen molar-refractivity contribution in [3.05, 3.63) is 69.8 Å². The predicted molar refractivity (Wildman–Crippen MR) is 146 cm³/mol. The van der Waals surface area contributed by atoms with Gasteiger partial charge >= 0.3 is 5.97 Å². The minimum atomic E-state index is -1.08. The number of Topliss-reactive ketones (excluding diaryl/α,β-unsaturated/α-hetero) is 2. The zero-order valence-corrected chi connectivity index (χ0v) is 23.4. The van der Waals surface area contributed by atoms with Gasteiger partial charge in [-0.1, -0.05) is 40.7 Å². The lowest BCUT2D eigenvalue weighted by Crippen LogP contribution is -2.37. The molecule has 7 nitrogen and oxygen atoms in total. The summed E-state index contributed by atoms with van der Waals surface area (Å²) in [7, 11) is 1.57. The zero-order chi connectivity index (χ0) is 28.3. The van der Waals surface area contributed by atoms with Crippen LogP contribution in [0.4, 0.5) is 0 Å². The van der Waals surface area contributed by atoms with Crippen LogP contribution in [-0.2, 0) is 20.7 Å². The molecule has 0 bridgehead atoms. The second-order valence-electron chi connectivity index (χ2n) is 12.4. The van der Waals surface area contributed by atoms with Gasteiger partial charge in [0.05, 0.1) is 18.7 Å². The number of rotatable bonds is 5. The Balaban J connectivity index is 1.73. The third kappa shape index (κ3) is 4.79. The van der Waals surface area contributed by atoms with Crippen LogP contribution < -0.4 is 4.74 Å². The molecule has 39 heavy (non-hydrogen) atoms. The smallest absolute Gasteiger partial charge is 0.354 e. The molecule has 0 saturated heterocycles. The second kappa shape index (κ2) is 9.47. The summed E-state index contributed by atoms with van der Waals surface area (Å²) in [5.41, 5.74) is 3.07. The number of aryl methyl sites for hydroxylation is 1. The van der Waals surface area contributed by atoms with E-state index in [1.54, 1.807) is 25.3 Å². The van der Waals surface area contributed by atoms with Crippen LogP contribution in [0, 0.1) is 10.8 Å². The van der Waals surface area contributed by atoms with E-state index < -0.39 is 11.9 Å². The highest BCUT2D eigenvalue weighted by Gasteiger charge is 2.48. The standard InChI is InChI=1S/C32H35NO6/c1-7-17-8-10-20(33-29(17)30(36)37)18-9-11-23(38-6)19(12-18)26-27-21(34)13-31(2,3)15-24(27)39-25-16-32(4,5)14-22(35)28(25)26/h8-12,26H,7,13-16H2,1-6H3,(H,36,37). The molecule has 0 unspecified atom stereocenters. The number of ether oxygens (including phenoxy) is 2. The number of benzene rings is 1. The summed E-state index contributed by atoms with van der Waals surface area (Å²) in [4.78, 5) is 43.7. The molecule has 1 N–H and O–H groups in total. The van der Waals surface area contributed by atoms with Gasteiger partial charge in [0.25, 0.3) is 0 Å². The molecule has 0 atom stereocenters. The van der Waals surface area contributed by atoms with E-state index in [1.807, 2.05) is 19.1 Å². The Kier molecular flexibility index (Phi) is 6.52. The number of carbonyl (C=O) groups is 3. The Hall–Kier alpha value is -3.74. The van der Waals surface area contributed by atoms with E-state index >= 15 is 0 Å². The van der Waals surface area contributed by atoms with Crippen molar-refractivity contribution in [2.75, 3.05) is 7.11 Å². The van der Waals surface area contributed by atoms with Crippen molar-refractivity contribution < 1.29 is 29.0 Å². The van der Waals surface area contributed by atoms with Crippen LogP contribution in [0.3, 0.4) is 0 Å². The largest absolute Gasteiger partial charge is 0.496 e. The van der Waals surface area contributed by atoms with Crippen LogP contribution in [0.1, 0.15) is 87.8 Å². The summed E-state index contributed by atoms with van der Waals surface area (Å²) in [5.74, 6) is 0.0568. The van der Waals surface area contributed by atoms with Gasteiger partial charge < -0.3 is 14.6 Å². The number of aromatic nitrogens is 1. The minimum Gasteiger partial charge on any atom is -0.496 e. The SMILES string of the molecule is CCc1ccc(-c2ccc(OC)c(C3C4=C(CC(C)(C)CC4=O)OC4=C3C(=O)CC(C)(C)C4)c2)nc1C(=O)O. The molecule has 0 saturated carbocycles. The Morgan fingerprint density at radius 3 is 2.08 bits per heavy atom. The van der Waals surface area contributed by atoms with Crippen LogP contribution in [0.2, 0.25) is 0 Å². The van der Waals surface area contributed by atoms with Gasteiger partial charge in [-0.3, -0.25) is 9.59 Å². The van der Waals surface area contributed by atoms with E-state index in [0.29, 0.717) is 82.9 Å². The summed E-state index contributed by atoms with van der Waals surface area (Å²) in [5, 5.41) is 9.73. The van der Waals surface area contributed by atoms with Gasteiger partial charge in [-0.15, -0.1) is 0 Å². The number of carbonyl (C=O) groups excluding carboxylic acids is 2. The van der Waals surface area contributed by atoms with Crippen molar-refractivity contribution in [1.82, 2.24) is 4.98 Å². The highest BCUT2D eigenvalue weighted by Crippen LogP contribution is 2.54. The minimum absolute atomic E-state index is 0.0165. The first-order chi connectivity index (χ1) is 18.3. The molecule has 7 heteroatoms. The van der Waals surface area contributed by atoms with Crippen molar-refractivity contribution in [1.29, 1.82) is 0 Å². The molecule has 0 amide bonds. The third-order valence-electron chi connectivity index (χ3n) is 7.98. The van der Waals surface area contributed by atoms with Crippen molar-refractivity contribution in [3.8, 4) is 17.0 Å². The molecule has 1 aliphatic heterocycles. The molecule has 204 valence electrons. The maximum absolute atomic E-state index is 13.7. The summed E-state index contributed by atoms with van der Waals surface area (Å²) in [6, 6.07) is 9.09. The molecule has 5 rings (SSSR count). The Bertz CT molecular complexity index is 1420. The highest BCUT2D eigenvalue weighted by molar-refractivity contribution is 6.06. The van der Waals surface area contributed by atoms with E-state index in [9.17, 15) is 19.5 Å². The summed E-state index contributed by atoms with van der Waals surface area (Å²) >= 11 is 0. The van der Waals surface area contributed by atoms with Crippen molar-refractivity contribution in [2.24, 2.45) is 10.8 Å². The van der Waals surface area contributed by atoms with Crippen molar-refractivity contribution in [2.45, 2.75) is 72.6 Å². The van der Waals surface area contributed by atoms with Crippen LogP contribution in [0.25, 0.3) is 11.3 Å². The third-order valence-corrected chi connectivity index (χ3v) is 7.98. The first-order valence-corrected chi connectivity index (χ1v) is 13.5. The van der Waals surface area contributed by atoms with Gasteiger partial charge in [0.1, 0.15) is 17.3 Å². The molecule has 2 aliphatic carbocycles. The monoisotopic (exact) mass is 529 g/mol. The molecule has 1 aromatic heterocycles. The maximum atomic E-state index is 13.7. The lowest BCUT2D eigenvalue weighted by Gasteiger charge is -2.43. The number of ketones is 2. The highest BCUT2D eigenvalue weighted by atomic mass is 16.5. The summed E-state index contributed by atoms with van der Waals surface area (Å²) < 4.78 is 12.2. The van der Waals surface area contributed by atoms with Gasteiger partial charge in [-0.2, -0.15) is 0 Å². The fourth-order valence-electron chi connectivity index (χ4n) is 6.22. The predicted octanol–water partition coefficient (Wildman–Crippen LogP) is 6.42. The first kappa shape index (κ1) is 26.9. The van der Waals surface area contributed by atoms with E-state index in [1.165, 1.54) is 0 Å². The van der Waals surface area contributed by atoms with Gasteiger partial charge in [-0.25, -0.2) is 9.78 Å². The Labute approximate surface area is 228 Å².